The molecule has 0 N–H and O–H groups in total. The zero-order valence-corrected chi connectivity index (χ0v) is 7.81. The predicted octanol–water partition coefficient (Wildman–Crippen LogP) is 2.85. The van der Waals surface area contributed by atoms with E-state index in [0.717, 1.165) is 25.0 Å². The Balaban J connectivity index is 2.18. The summed E-state index contributed by atoms with van der Waals surface area (Å²) in [5.74, 6) is 1.75. The molecule has 0 aromatic rings. The quantitative estimate of drug-likeness (QED) is 0.610. The maximum Gasteiger partial charge on any atom is 0.0496 e. The van der Waals surface area contributed by atoms with Gasteiger partial charge in [-0.1, -0.05) is 26.2 Å². The third-order valence-corrected chi connectivity index (χ3v) is 2.83. The first-order valence-corrected chi connectivity index (χ1v) is 4.92. The van der Waals surface area contributed by atoms with Gasteiger partial charge in [0.05, 0.1) is 0 Å². The lowest BCUT2D eigenvalue weighted by Crippen LogP contribution is -2.21. The van der Waals surface area contributed by atoms with Crippen LogP contribution in [-0.4, -0.2) is 13.2 Å². The molecule has 1 heteroatoms. The first-order chi connectivity index (χ1) is 5.34. The Bertz CT molecular complexity index is 101. The van der Waals surface area contributed by atoms with Crippen LogP contribution in [-0.2, 0) is 4.74 Å². The lowest BCUT2D eigenvalue weighted by molar-refractivity contribution is 0.0714. The first-order valence-electron chi connectivity index (χ1n) is 4.92. The van der Waals surface area contributed by atoms with Gasteiger partial charge in [0, 0.05) is 13.2 Å². The van der Waals surface area contributed by atoms with Crippen molar-refractivity contribution < 1.29 is 4.74 Å². The minimum atomic E-state index is 0.851. The second kappa shape index (κ2) is 4.76. The molecule has 1 saturated carbocycles. The van der Waals surface area contributed by atoms with Gasteiger partial charge in [-0.15, -0.1) is 0 Å². The van der Waals surface area contributed by atoms with Crippen molar-refractivity contribution in [2.75, 3.05) is 13.2 Å². The van der Waals surface area contributed by atoms with Gasteiger partial charge in [-0.25, -0.2) is 0 Å². The maximum atomic E-state index is 5.44. The van der Waals surface area contributed by atoms with Crippen LogP contribution in [0.15, 0.2) is 0 Å². The predicted molar refractivity (Wildman–Crippen MR) is 47.6 cm³/mol. The Morgan fingerprint density at radius 2 is 2.00 bits per heavy atom. The summed E-state index contributed by atoms with van der Waals surface area (Å²) in [6.07, 6.45) is 5.66. The van der Waals surface area contributed by atoms with Crippen molar-refractivity contribution in [1.29, 1.82) is 0 Å². The summed E-state index contributed by atoms with van der Waals surface area (Å²) < 4.78 is 5.44. The maximum absolute atomic E-state index is 5.44. The summed E-state index contributed by atoms with van der Waals surface area (Å²) in [6, 6.07) is 0. The molecule has 0 unspecified atom stereocenters. The van der Waals surface area contributed by atoms with E-state index in [2.05, 4.69) is 13.8 Å². The van der Waals surface area contributed by atoms with Crippen molar-refractivity contribution >= 4 is 0 Å². The van der Waals surface area contributed by atoms with Crippen molar-refractivity contribution in [3.8, 4) is 0 Å². The van der Waals surface area contributed by atoms with Gasteiger partial charge >= 0.3 is 0 Å². The fraction of sp³-hybridized carbons (Fsp3) is 1.00. The second-order valence-electron chi connectivity index (χ2n) is 3.68. The normalized spacial score (nSPS) is 32.2. The summed E-state index contributed by atoms with van der Waals surface area (Å²) in [5.41, 5.74) is 0. The Kier molecular flexibility index (Phi) is 3.92. The number of hydrogen-bond donors (Lipinski definition) is 0. The first kappa shape index (κ1) is 9.05. The van der Waals surface area contributed by atoms with E-state index in [9.17, 15) is 0 Å². The zero-order chi connectivity index (χ0) is 8.10. The molecule has 0 aromatic carbocycles. The van der Waals surface area contributed by atoms with Crippen molar-refractivity contribution in [3.05, 3.63) is 0 Å². The lowest BCUT2D eigenvalue weighted by atomic mass is 9.81. The molecule has 0 radical (unpaired) electrons. The number of hydrogen-bond acceptors (Lipinski definition) is 1. The molecule has 1 fully saturated rings. The molecule has 0 spiro atoms. The van der Waals surface area contributed by atoms with E-state index in [4.69, 9.17) is 4.74 Å². The van der Waals surface area contributed by atoms with E-state index in [-0.39, 0.29) is 0 Å². The highest BCUT2D eigenvalue weighted by molar-refractivity contribution is 4.71. The molecular weight excluding hydrogens is 136 g/mol. The van der Waals surface area contributed by atoms with Crippen molar-refractivity contribution in [2.45, 2.75) is 39.5 Å². The van der Waals surface area contributed by atoms with E-state index < -0.39 is 0 Å². The van der Waals surface area contributed by atoms with Crippen LogP contribution in [0.5, 0.6) is 0 Å². The van der Waals surface area contributed by atoms with Gasteiger partial charge in [-0.05, 0) is 25.2 Å². The van der Waals surface area contributed by atoms with Crippen LogP contribution >= 0.6 is 0 Å². The molecule has 2 atom stereocenters. The van der Waals surface area contributed by atoms with Crippen LogP contribution < -0.4 is 0 Å². The van der Waals surface area contributed by atoms with Crippen molar-refractivity contribution in [3.63, 3.8) is 0 Å². The summed E-state index contributed by atoms with van der Waals surface area (Å²) >= 11 is 0. The largest absolute Gasteiger partial charge is 0.381 e. The molecule has 0 aliphatic heterocycles. The standard InChI is InChI=1S/C10H20O/c1-3-11-8-10-7-5-4-6-9(10)2/h9-10H,3-8H2,1-2H3/t9-,10+/m0/s1. The van der Waals surface area contributed by atoms with Crippen LogP contribution in [0.4, 0.5) is 0 Å². The molecule has 11 heavy (non-hydrogen) atoms. The molecule has 0 heterocycles. The Morgan fingerprint density at radius 3 is 2.64 bits per heavy atom. The summed E-state index contributed by atoms with van der Waals surface area (Å²) in [7, 11) is 0. The average Bonchev–Trinajstić information content (AvgIpc) is 2.03. The molecular formula is C10H20O. The lowest BCUT2D eigenvalue weighted by Gasteiger charge is -2.28. The summed E-state index contributed by atoms with van der Waals surface area (Å²) in [6.45, 7) is 6.32. The van der Waals surface area contributed by atoms with Gasteiger partial charge < -0.3 is 4.74 Å². The monoisotopic (exact) mass is 156 g/mol. The topological polar surface area (TPSA) is 9.23 Å². The third kappa shape index (κ3) is 2.82. The van der Waals surface area contributed by atoms with Gasteiger partial charge in [0.1, 0.15) is 0 Å². The van der Waals surface area contributed by atoms with Crippen molar-refractivity contribution in [2.24, 2.45) is 11.8 Å². The summed E-state index contributed by atoms with van der Waals surface area (Å²) in [5, 5.41) is 0. The van der Waals surface area contributed by atoms with Gasteiger partial charge in [0.2, 0.25) is 0 Å². The van der Waals surface area contributed by atoms with Crippen LogP contribution in [0.1, 0.15) is 39.5 Å². The van der Waals surface area contributed by atoms with Crippen LogP contribution in [0.2, 0.25) is 0 Å². The fourth-order valence-electron chi connectivity index (χ4n) is 1.91. The van der Waals surface area contributed by atoms with E-state index in [0.29, 0.717) is 0 Å². The molecule has 1 aliphatic carbocycles. The van der Waals surface area contributed by atoms with Crippen molar-refractivity contribution in [1.82, 2.24) is 0 Å². The molecule has 0 amide bonds. The molecule has 1 aliphatic rings. The minimum absolute atomic E-state index is 0.851. The third-order valence-electron chi connectivity index (χ3n) is 2.83. The van der Waals surface area contributed by atoms with Crippen LogP contribution in [0, 0.1) is 11.8 Å². The molecule has 66 valence electrons. The highest BCUT2D eigenvalue weighted by Crippen LogP contribution is 2.29. The highest BCUT2D eigenvalue weighted by atomic mass is 16.5. The molecule has 0 saturated heterocycles. The molecule has 1 nitrogen and oxygen atoms in total. The number of ether oxygens (including phenoxy) is 1. The van der Waals surface area contributed by atoms with Gasteiger partial charge in [-0.2, -0.15) is 0 Å². The van der Waals surface area contributed by atoms with E-state index >= 15 is 0 Å². The second-order valence-corrected chi connectivity index (χ2v) is 3.68. The van der Waals surface area contributed by atoms with Gasteiger partial charge in [0.15, 0.2) is 0 Å². The Hall–Kier alpha value is -0.0400. The summed E-state index contributed by atoms with van der Waals surface area (Å²) in [4.78, 5) is 0. The minimum Gasteiger partial charge on any atom is -0.381 e. The molecule has 1 rings (SSSR count). The Morgan fingerprint density at radius 1 is 1.27 bits per heavy atom. The molecule has 0 aromatic heterocycles. The molecule has 0 bridgehead atoms. The fourth-order valence-corrected chi connectivity index (χ4v) is 1.91. The van der Waals surface area contributed by atoms with E-state index in [1.54, 1.807) is 0 Å². The Labute approximate surface area is 70.1 Å². The smallest absolute Gasteiger partial charge is 0.0496 e. The average molecular weight is 156 g/mol. The SMILES string of the molecule is CCOC[C@H]1CCCC[C@@H]1C. The zero-order valence-electron chi connectivity index (χ0n) is 7.81. The van der Waals surface area contributed by atoms with Crippen LogP contribution in [0.3, 0.4) is 0 Å². The highest BCUT2D eigenvalue weighted by Gasteiger charge is 2.20. The van der Waals surface area contributed by atoms with E-state index in [1.807, 2.05) is 0 Å². The number of rotatable bonds is 3. The van der Waals surface area contributed by atoms with Gasteiger partial charge in [-0.3, -0.25) is 0 Å². The van der Waals surface area contributed by atoms with Crippen LogP contribution in [0.25, 0.3) is 0 Å². The van der Waals surface area contributed by atoms with Gasteiger partial charge in [0.25, 0.3) is 0 Å². The van der Waals surface area contributed by atoms with E-state index in [1.165, 1.54) is 25.7 Å².